The minimum Gasteiger partial charge on any atom is -0.393 e. The van der Waals surface area contributed by atoms with E-state index < -0.39 is 28.2 Å². The topological polar surface area (TPSA) is 100 Å². The summed E-state index contributed by atoms with van der Waals surface area (Å²) >= 11 is 12.5. The molecule has 2 aromatic rings. The van der Waals surface area contributed by atoms with Crippen LogP contribution >= 0.6 is 23.2 Å². The summed E-state index contributed by atoms with van der Waals surface area (Å²) < 4.78 is 15.0. The SMILES string of the molecule is CC(C)(C)C[C@@]12N[C@]1(C(=O)NC1CCC(O)CC1)[C@H](c1cccc(Cl)c1)[C@@]21C(=O)Nc2cc(Cl)c(F)cc21. The number of benzene rings is 2. The van der Waals surface area contributed by atoms with Crippen molar-refractivity contribution >= 4 is 40.7 Å². The van der Waals surface area contributed by atoms with Gasteiger partial charge in [-0.05, 0) is 72.9 Å². The van der Waals surface area contributed by atoms with Crippen molar-refractivity contribution < 1.29 is 19.1 Å². The largest absolute Gasteiger partial charge is 0.393 e. The number of hydrogen-bond donors (Lipinski definition) is 4. The van der Waals surface area contributed by atoms with Crippen molar-refractivity contribution in [2.45, 2.75) is 87.4 Å². The fraction of sp³-hybridized carbons (Fsp3) is 0.517. The molecule has 9 heteroatoms. The number of amides is 2. The number of anilines is 1. The number of nitrogens with one attached hydrogen (secondary N) is 3. The third kappa shape index (κ3) is 3.38. The van der Waals surface area contributed by atoms with E-state index >= 15 is 0 Å². The van der Waals surface area contributed by atoms with Gasteiger partial charge < -0.3 is 15.7 Å². The molecule has 0 radical (unpaired) electrons. The Bertz CT molecular complexity index is 1360. The van der Waals surface area contributed by atoms with Gasteiger partial charge in [0, 0.05) is 22.7 Å². The van der Waals surface area contributed by atoms with E-state index in [1.807, 2.05) is 12.1 Å². The Balaban J connectivity index is 1.53. The normalized spacial score (nSPS) is 35.2. The Morgan fingerprint density at radius 2 is 1.87 bits per heavy atom. The van der Waals surface area contributed by atoms with Crippen LogP contribution in [-0.2, 0) is 15.0 Å². The van der Waals surface area contributed by atoms with Crippen LogP contribution in [-0.4, -0.2) is 40.1 Å². The summed E-state index contributed by atoms with van der Waals surface area (Å²) in [6.07, 6.45) is 2.81. The van der Waals surface area contributed by atoms with E-state index in [0.717, 1.165) is 5.56 Å². The predicted molar refractivity (Wildman–Crippen MR) is 145 cm³/mol. The number of halogens is 3. The minimum absolute atomic E-state index is 0.0625. The number of rotatable bonds is 4. The van der Waals surface area contributed by atoms with Crippen molar-refractivity contribution in [3.8, 4) is 0 Å². The monoisotopic (exact) mass is 559 g/mol. The zero-order valence-electron chi connectivity index (χ0n) is 21.6. The van der Waals surface area contributed by atoms with Gasteiger partial charge in [-0.1, -0.05) is 56.1 Å². The van der Waals surface area contributed by atoms with Crippen LogP contribution in [0.1, 0.15) is 69.9 Å². The molecule has 2 aliphatic heterocycles. The molecule has 38 heavy (non-hydrogen) atoms. The Morgan fingerprint density at radius 1 is 1.16 bits per heavy atom. The van der Waals surface area contributed by atoms with Gasteiger partial charge in [0.25, 0.3) is 0 Å². The third-order valence-corrected chi connectivity index (χ3v) is 9.54. The molecule has 0 unspecified atom stereocenters. The first-order valence-electron chi connectivity index (χ1n) is 13.2. The molecule has 4 aliphatic rings. The van der Waals surface area contributed by atoms with Crippen molar-refractivity contribution in [1.29, 1.82) is 0 Å². The molecule has 3 fully saturated rings. The molecule has 2 saturated carbocycles. The average molecular weight is 560 g/mol. The van der Waals surface area contributed by atoms with Crippen LogP contribution in [0.25, 0.3) is 0 Å². The minimum atomic E-state index is -1.24. The van der Waals surface area contributed by atoms with Gasteiger partial charge in [0.1, 0.15) is 16.8 Å². The number of aliphatic hydroxyl groups excluding tert-OH is 1. The molecule has 1 spiro atoms. The molecule has 4 atom stereocenters. The van der Waals surface area contributed by atoms with Gasteiger partial charge >= 0.3 is 0 Å². The van der Waals surface area contributed by atoms with E-state index in [4.69, 9.17) is 23.2 Å². The van der Waals surface area contributed by atoms with Crippen LogP contribution in [0.5, 0.6) is 0 Å². The maximum atomic E-state index is 15.0. The van der Waals surface area contributed by atoms with Gasteiger partial charge in [-0.3, -0.25) is 14.9 Å². The van der Waals surface area contributed by atoms with Crippen molar-refractivity contribution in [1.82, 2.24) is 10.6 Å². The van der Waals surface area contributed by atoms with Crippen LogP contribution < -0.4 is 16.0 Å². The smallest absolute Gasteiger partial charge is 0.243 e. The zero-order valence-corrected chi connectivity index (χ0v) is 23.1. The number of carbonyl (C=O) groups excluding carboxylic acids is 2. The summed E-state index contributed by atoms with van der Waals surface area (Å²) in [5.74, 6) is -1.69. The van der Waals surface area contributed by atoms with Crippen molar-refractivity contribution in [3.05, 3.63) is 63.4 Å². The molecular weight excluding hydrogens is 528 g/mol. The summed E-state index contributed by atoms with van der Waals surface area (Å²) in [6, 6.07) is 9.97. The lowest BCUT2D eigenvalue weighted by atomic mass is 9.41. The van der Waals surface area contributed by atoms with Crippen LogP contribution in [0.4, 0.5) is 10.1 Å². The fourth-order valence-corrected chi connectivity index (χ4v) is 8.13. The van der Waals surface area contributed by atoms with E-state index in [9.17, 15) is 19.1 Å². The molecule has 202 valence electrons. The lowest BCUT2D eigenvalue weighted by Gasteiger charge is -2.56. The molecule has 0 bridgehead atoms. The van der Waals surface area contributed by atoms with Gasteiger partial charge in [-0.25, -0.2) is 4.39 Å². The fourth-order valence-electron chi connectivity index (χ4n) is 7.76. The van der Waals surface area contributed by atoms with Crippen molar-refractivity contribution in [2.24, 2.45) is 5.41 Å². The van der Waals surface area contributed by atoms with E-state index in [-0.39, 0.29) is 34.4 Å². The van der Waals surface area contributed by atoms with Crippen molar-refractivity contribution in [2.75, 3.05) is 5.32 Å². The predicted octanol–water partition coefficient (Wildman–Crippen LogP) is 5.06. The van der Waals surface area contributed by atoms with Gasteiger partial charge in [-0.2, -0.15) is 0 Å². The highest BCUT2D eigenvalue weighted by molar-refractivity contribution is 6.31. The molecule has 2 aromatic carbocycles. The molecule has 2 amide bonds. The number of aliphatic hydroxyl groups is 1. The lowest BCUT2D eigenvalue weighted by molar-refractivity contribution is -0.136. The Labute approximate surface area is 231 Å². The average Bonchev–Trinajstić information content (AvgIpc) is 3.27. The highest BCUT2D eigenvalue weighted by atomic mass is 35.5. The maximum absolute atomic E-state index is 15.0. The summed E-state index contributed by atoms with van der Waals surface area (Å²) in [4.78, 5) is 28.4. The highest BCUT2D eigenvalue weighted by Gasteiger charge is 2.97. The number of carbonyl (C=O) groups is 2. The van der Waals surface area contributed by atoms with E-state index in [0.29, 0.717) is 48.4 Å². The molecule has 1 saturated heterocycles. The zero-order chi connectivity index (χ0) is 27.3. The Kier molecular flexibility index (Phi) is 5.76. The van der Waals surface area contributed by atoms with Crippen LogP contribution in [0.2, 0.25) is 10.0 Å². The second-order valence-electron chi connectivity index (χ2n) is 12.6. The molecule has 6 nitrogen and oxygen atoms in total. The Hall–Kier alpha value is -2.19. The lowest BCUT2D eigenvalue weighted by Crippen LogP contribution is -2.73. The number of fused-ring (bicyclic) bond motifs is 4. The highest BCUT2D eigenvalue weighted by Crippen LogP contribution is 2.79. The van der Waals surface area contributed by atoms with E-state index in [2.05, 4.69) is 36.7 Å². The summed E-state index contributed by atoms with van der Waals surface area (Å²) in [5, 5.41) is 20.1. The molecule has 4 N–H and O–H groups in total. The van der Waals surface area contributed by atoms with Gasteiger partial charge in [-0.15, -0.1) is 0 Å². The maximum Gasteiger partial charge on any atom is 0.243 e. The van der Waals surface area contributed by atoms with E-state index in [1.165, 1.54) is 12.1 Å². The third-order valence-electron chi connectivity index (χ3n) is 9.02. The molecule has 2 aliphatic carbocycles. The van der Waals surface area contributed by atoms with Crippen molar-refractivity contribution in [3.63, 3.8) is 0 Å². The van der Waals surface area contributed by atoms with Crippen LogP contribution in [0.15, 0.2) is 36.4 Å². The first-order valence-corrected chi connectivity index (χ1v) is 14.0. The quantitative estimate of drug-likeness (QED) is 0.393. The van der Waals surface area contributed by atoms with Crippen LogP contribution in [0.3, 0.4) is 0 Å². The van der Waals surface area contributed by atoms with Crippen LogP contribution in [0, 0.1) is 11.2 Å². The molecule has 6 rings (SSSR count). The summed E-state index contributed by atoms with van der Waals surface area (Å²) in [5.41, 5.74) is -1.83. The first-order chi connectivity index (χ1) is 17.9. The molecule has 2 heterocycles. The molecular formula is C29H32Cl2FN3O3. The second-order valence-corrected chi connectivity index (χ2v) is 13.5. The van der Waals surface area contributed by atoms with Gasteiger partial charge in [0.15, 0.2) is 0 Å². The Morgan fingerprint density at radius 3 is 2.53 bits per heavy atom. The second kappa shape index (κ2) is 8.40. The van der Waals surface area contributed by atoms with Gasteiger partial charge in [0.05, 0.1) is 16.7 Å². The summed E-state index contributed by atoms with van der Waals surface area (Å²) in [7, 11) is 0. The number of hydrogen-bond acceptors (Lipinski definition) is 4. The molecule has 0 aromatic heterocycles. The van der Waals surface area contributed by atoms with Gasteiger partial charge in [0.2, 0.25) is 11.8 Å². The van der Waals surface area contributed by atoms with E-state index in [1.54, 1.807) is 12.1 Å². The summed E-state index contributed by atoms with van der Waals surface area (Å²) in [6.45, 7) is 6.22. The first kappa shape index (κ1) is 26.1. The standard InChI is InChI=1S/C29H32Cl2FN3O3/c1-26(2,3)14-27-28(19-12-21(32)20(31)13-22(19)34-24(28)37)23(15-5-4-6-16(30)11-15)29(27,35-27)25(38)33-17-7-9-18(36)10-8-17/h4-6,11-13,17-18,23,35-36H,7-10,14H2,1-3H3,(H,33,38)(H,34,37)/t17?,18?,23-,27+,28+,29+/m1/s1.